The van der Waals surface area contributed by atoms with E-state index in [1.54, 1.807) is 36.8 Å². The minimum absolute atomic E-state index is 0.0424. The molecule has 0 radical (unpaired) electrons. The third-order valence-electron chi connectivity index (χ3n) is 5.12. The molecule has 154 valence electrons. The number of esters is 1. The van der Waals surface area contributed by atoms with Crippen molar-refractivity contribution in [3.05, 3.63) is 32.1 Å². The minimum atomic E-state index is -0.463. The molecule has 3 heterocycles. The Morgan fingerprint density at radius 3 is 2.93 bits per heavy atom. The molecule has 10 heteroatoms. The highest BCUT2D eigenvalue weighted by Gasteiger charge is 2.30. The van der Waals surface area contributed by atoms with Gasteiger partial charge in [-0.3, -0.25) is 9.36 Å². The van der Waals surface area contributed by atoms with Gasteiger partial charge in [0.2, 0.25) is 0 Å². The van der Waals surface area contributed by atoms with Gasteiger partial charge in [0.1, 0.15) is 4.83 Å². The first-order chi connectivity index (χ1) is 13.9. The number of nitrogens with zero attached hydrogens (tertiary/aromatic N) is 2. The van der Waals surface area contributed by atoms with Crippen LogP contribution in [0, 0.1) is 0 Å². The third-order valence-corrected chi connectivity index (χ3v) is 7.36. The maximum Gasteiger partial charge on any atom is 0.337 e. The van der Waals surface area contributed by atoms with E-state index in [1.165, 1.54) is 16.6 Å². The Kier molecular flexibility index (Phi) is 5.39. The van der Waals surface area contributed by atoms with E-state index in [4.69, 9.17) is 9.72 Å². The van der Waals surface area contributed by atoms with Gasteiger partial charge in [-0.25, -0.2) is 14.6 Å². The Labute approximate surface area is 175 Å². The van der Waals surface area contributed by atoms with E-state index in [2.05, 4.69) is 10.6 Å². The minimum Gasteiger partial charge on any atom is -0.463 e. The highest BCUT2D eigenvalue weighted by Crippen LogP contribution is 2.35. The molecule has 4 rings (SSSR count). The number of hydrogen-bond acceptors (Lipinski definition) is 7. The largest absolute Gasteiger partial charge is 0.463 e. The summed E-state index contributed by atoms with van der Waals surface area (Å²) >= 11 is 2.91. The second-order valence-corrected chi connectivity index (χ2v) is 9.04. The van der Waals surface area contributed by atoms with Crippen molar-refractivity contribution in [1.82, 2.24) is 20.2 Å². The van der Waals surface area contributed by atoms with Gasteiger partial charge < -0.3 is 15.4 Å². The van der Waals surface area contributed by atoms with Crippen LogP contribution in [0.4, 0.5) is 4.79 Å². The van der Waals surface area contributed by atoms with E-state index in [9.17, 15) is 14.4 Å². The second kappa shape index (κ2) is 7.83. The van der Waals surface area contributed by atoms with E-state index in [1.807, 2.05) is 0 Å². The number of nitrogens with one attached hydrogen (secondary N) is 2. The highest BCUT2D eigenvalue weighted by atomic mass is 32.2. The van der Waals surface area contributed by atoms with Crippen LogP contribution < -0.4 is 16.2 Å². The average Bonchev–Trinajstić information content (AvgIpc) is 3.23. The Morgan fingerprint density at radius 1 is 1.38 bits per heavy atom. The molecule has 2 N–H and O–H groups in total. The topological polar surface area (TPSA) is 102 Å². The Morgan fingerprint density at radius 2 is 2.17 bits per heavy atom. The number of fused-ring (bicyclic) bond motifs is 3. The first-order valence-electron chi connectivity index (χ1n) is 9.52. The van der Waals surface area contributed by atoms with Crippen LogP contribution in [-0.2, 0) is 29.4 Å². The molecular formula is C19H22N4O4S2. The summed E-state index contributed by atoms with van der Waals surface area (Å²) in [6.07, 6.45) is 3.04. The lowest BCUT2D eigenvalue weighted by molar-refractivity contribution is -0.138. The zero-order chi connectivity index (χ0) is 20.7. The van der Waals surface area contributed by atoms with Gasteiger partial charge in [0.05, 0.1) is 23.6 Å². The number of aryl methyl sites for hydroxylation is 2. The number of thiophene rings is 1. The molecule has 8 nitrogen and oxygen atoms in total. The summed E-state index contributed by atoms with van der Waals surface area (Å²) in [4.78, 5) is 43.9. The Hall–Kier alpha value is -2.33. The summed E-state index contributed by atoms with van der Waals surface area (Å²) in [5.41, 5.74) is 1.98. The fourth-order valence-electron chi connectivity index (χ4n) is 3.76. The standard InChI is InChI=1S/C19H22N4O4S2/c1-4-27-17(25)13-9(2)20-18(26)21-11(13)8-28-19-22-15-14(16(24)23(19)3)10-6-5-7-12(10)29-15/h9H,4-8H2,1-3H3,(H2,20,21,26). The molecular weight excluding hydrogens is 412 g/mol. The van der Waals surface area contributed by atoms with Crippen LogP contribution in [0.2, 0.25) is 0 Å². The van der Waals surface area contributed by atoms with E-state index in [0.29, 0.717) is 22.2 Å². The van der Waals surface area contributed by atoms with E-state index in [0.717, 1.165) is 35.0 Å². The van der Waals surface area contributed by atoms with Gasteiger partial charge in [-0.15, -0.1) is 11.3 Å². The lowest BCUT2D eigenvalue weighted by Gasteiger charge is -2.26. The van der Waals surface area contributed by atoms with Crippen LogP contribution in [-0.4, -0.2) is 40.0 Å². The number of ether oxygens (including phenoxy) is 1. The summed E-state index contributed by atoms with van der Waals surface area (Å²) in [5.74, 6) is -0.168. The summed E-state index contributed by atoms with van der Waals surface area (Å²) in [5, 5.41) is 6.68. The van der Waals surface area contributed by atoms with Crippen molar-refractivity contribution < 1.29 is 14.3 Å². The lowest BCUT2D eigenvalue weighted by Crippen LogP contribution is -2.49. The molecule has 0 aromatic carbocycles. The van der Waals surface area contributed by atoms with Crippen LogP contribution in [0.5, 0.6) is 0 Å². The van der Waals surface area contributed by atoms with Gasteiger partial charge in [0, 0.05) is 23.4 Å². The van der Waals surface area contributed by atoms with Crippen molar-refractivity contribution in [2.75, 3.05) is 12.4 Å². The van der Waals surface area contributed by atoms with Gasteiger partial charge in [-0.05, 0) is 38.7 Å². The van der Waals surface area contributed by atoms with Crippen LogP contribution in [0.15, 0.2) is 21.2 Å². The van der Waals surface area contributed by atoms with Crippen molar-refractivity contribution in [3.8, 4) is 0 Å². The predicted molar refractivity (Wildman–Crippen MR) is 112 cm³/mol. The summed E-state index contributed by atoms with van der Waals surface area (Å²) in [6.45, 7) is 3.72. The van der Waals surface area contributed by atoms with E-state index < -0.39 is 12.0 Å². The van der Waals surface area contributed by atoms with Crippen LogP contribution >= 0.6 is 23.1 Å². The fraction of sp³-hybridized carbons (Fsp3) is 0.474. The number of amides is 2. The molecule has 0 saturated carbocycles. The summed E-state index contributed by atoms with van der Waals surface area (Å²) in [6, 6.07) is -0.828. The number of carbonyl (C=O) groups is 2. The molecule has 1 aliphatic heterocycles. The number of hydrogen-bond donors (Lipinski definition) is 2. The monoisotopic (exact) mass is 434 g/mol. The molecule has 0 fully saturated rings. The number of aromatic nitrogens is 2. The van der Waals surface area contributed by atoms with Gasteiger partial charge in [0.25, 0.3) is 5.56 Å². The number of carbonyl (C=O) groups excluding carboxylic acids is 2. The second-order valence-electron chi connectivity index (χ2n) is 7.02. The van der Waals surface area contributed by atoms with E-state index in [-0.39, 0.29) is 18.2 Å². The Bertz CT molecular complexity index is 1100. The van der Waals surface area contributed by atoms with Crippen molar-refractivity contribution in [3.63, 3.8) is 0 Å². The molecule has 0 spiro atoms. The van der Waals surface area contributed by atoms with Gasteiger partial charge in [0.15, 0.2) is 5.16 Å². The molecule has 0 bridgehead atoms. The first-order valence-corrected chi connectivity index (χ1v) is 11.3. The quantitative estimate of drug-likeness (QED) is 0.424. The van der Waals surface area contributed by atoms with Gasteiger partial charge >= 0.3 is 12.0 Å². The SMILES string of the molecule is CCOC(=O)C1=C(CSc2nc3sc4c(c3c(=O)n2C)CCC4)NC(=O)NC1C. The smallest absolute Gasteiger partial charge is 0.337 e. The zero-order valence-corrected chi connectivity index (χ0v) is 18.1. The molecule has 1 atom stereocenters. The maximum atomic E-state index is 12.9. The average molecular weight is 435 g/mol. The predicted octanol–water partition coefficient (Wildman–Crippen LogP) is 2.09. The summed E-state index contributed by atoms with van der Waals surface area (Å²) in [7, 11) is 1.71. The molecule has 1 unspecified atom stereocenters. The maximum absolute atomic E-state index is 12.9. The van der Waals surface area contributed by atoms with Crippen molar-refractivity contribution >= 4 is 45.3 Å². The number of thioether (sulfide) groups is 1. The molecule has 2 aliphatic rings. The zero-order valence-electron chi connectivity index (χ0n) is 16.5. The molecule has 1 aliphatic carbocycles. The molecule has 2 aromatic heterocycles. The number of urea groups is 1. The van der Waals surface area contributed by atoms with Crippen LogP contribution in [0.25, 0.3) is 10.2 Å². The fourth-order valence-corrected chi connectivity index (χ4v) is 6.01. The highest BCUT2D eigenvalue weighted by molar-refractivity contribution is 7.99. The van der Waals surface area contributed by atoms with Crippen LogP contribution in [0.1, 0.15) is 30.7 Å². The third kappa shape index (κ3) is 3.55. The van der Waals surface area contributed by atoms with Crippen molar-refractivity contribution in [2.45, 2.75) is 44.3 Å². The first kappa shape index (κ1) is 20.0. The van der Waals surface area contributed by atoms with E-state index >= 15 is 0 Å². The van der Waals surface area contributed by atoms with Crippen molar-refractivity contribution in [2.24, 2.45) is 7.05 Å². The molecule has 0 saturated heterocycles. The normalized spacial score (nSPS) is 18.6. The molecule has 2 aromatic rings. The number of rotatable bonds is 5. The van der Waals surface area contributed by atoms with Crippen molar-refractivity contribution in [1.29, 1.82) is 0 Å². The molecule has 2 amide bonds. The Balaban J connectivity index is 1.67. The lowest BCUT2D eigenvalue weighted by atomic mass is 10.1. The van der Waals surface area contributed by atoms with Crippen LogP contribution in [0.3, 0.4) is 0 Å². The summed E-state index contributed by atoms with van der Waals surface area (Å²) < 4.78 is 6.69. The molecule has 29 heavy (non-hydrogen) atoms. The van der Waals surface area contributed by atoms with Gasteiger partial charge in [-0.1, -0.05) is 11.8 Å². The van der Waals surface area contributed by atoms with Gasteiger partial charge in [-0.2, -0.15) is 0 Å².